The maximum Gasteiger partial charge on any atom is 0.240 e. The van der Waals surface area contributed by atoms with Crippen LogP contribution in [-0.2, 0) is 4.79 Å². The molecule has 0 bridgehead atoms. The van der Waals surface area contributed by atoms with Crippen LogP contribution in [0.5, 0.6) is 0 Å². The van der Waals surface area contributed by atoms with Gasteiger partial charge in [0, 0.05) is 0 Å². The second-order valence-electron chi connectivity index (χ2n) is 2.00. The van der Waals surface area contributed by atoms with Crippen LogP contribution in [0.2, 0.25) is 0 Å². The molecule has 3 N–H and O–H groups in total. The van der Waals surface area contributed by atoms with Gasteiger partial charge in [-0.05, 0) is 34.2 Å². The minimum Gasteiger partial charge on any atom is -0.368 e. The summed E-state index contributed by atoms with van der Waals surface area (Å²) >= 11 is 6.80. The fourth-order valence-electron chi connectivity index (χ4n) is 0.720. The Hall–Kier alpha value is -0.580. The molecule has 1 amide bonds. The zero-order chi connectivity index (χ0) is 8.27. The molecule has 0 saturated heterocycles. The van der Waals surface area contributed by atoms with Gasteiger partial charge in [-0.15, -0.1) is 0 Å². The summed E-state index contributed by atoms with van der Waals surface area (Å²) in [7, 11) is 0. The summed E-state index contributed by atoms with van der Waals surface area (Å²) in [4.78, 5) is 13.0. The quantitative estimate of drug-likeness (QED) is 0.700. The summed E-state index contributed by atoms with van der Waals surface area (Å²) in [5, 5.41) is 3.68. The third kappa shape index (κ3) is 1.92. The Morgan fingerprint density at radius 3 is 2.91 bits per heavy atom. The average Bonchev–Trinajstić information content (AvgIpc) is 2.40. The third-order valence-corrected chi connectivity index (χ3v) is 2.19. The SMILES string of the molecule is NC(=O)[C@H](NCl)c1ccsc1. The van der Waals surface area contributed by atoms with Crippen LogP contribution in [0.4, 0.5) is 0 Å². The number of hydrogen-bond acceptors (Lipinski definition) is 3. The van der Waals surface area contributed by atoms with Crippen LogP contribution in [0.3, 0.4) is 0 Å². The smallest absolute Gasteiger partial charge is 0.240 e. The van der Waals surface area contributed by atoms with Gasteiger partial charge in [0.1, 0.15) is 6.04 Å². The van der Waals surface area contributed by atoms with Crippen molar-refractivity contribution in [3.05, 3.63) is 22.4 Å². The fourth-order valence-corrected chi connectivity index (χ4v) is 1.64. The van der Waals surface area contributed by atoms with E-state index >= 15 is 0 Å². The Balaban J connectivity index is 2.79. The van der Waals surface area contributed by atoms with Crippen molar-refractivity contribution >= 4 is 29.0 Å². The highest BCUT2D eigenvalue weighted by Gasteiger charge is 2.15. The Morgan fingerprint density at radius 1 is 1.82 bits per heavy atom. The Morgan fingerprint density at radius 2 is 2.55 bits per heavy atom. The van der Waals surface area contributed by atoms with Gasteiger partial charge in [0.05, 0.1) is 0 Å². The second-order valence-corrected chi connectivity index (χ2v) is 3.00. The van der Waals surface area contributed by atoms with Gasteiger partial charge in [-0.1, -0.05) is 0 Å². The molecule has 0 spiro atoms. The van der Waals surface area contributed by atoms with Crippen LogP contribution in [0.15, 0.2) is 16.8 Å². The molecule has 0 fully saturated rings. The molecule has 0 aromatic carbocycles. The highest BCUT2D eigenvalue weighted by atomic mass is 35.5. The molecule has 1 heterocycles. The van der Waals surface area contributed by atoms with Gasteiger partial charge in [-0.2, -0.15) is 11.3 Å². The van der Waals surface area contributed by atoms with E-state index in [0.717, 1.165) is 5.56 Å². The Bertz CT molecular complexity index is 237. The zero-order valence-electron chi connectivity index (χ0n) is 5.58. The van der Waals surface area contributed by atoms with Gasteiger partial charge in [-0.3, -0.25) is 4.79 Å². The van der Waals surface area contributed by atoms with Crippen LogP contribution < -0.4 is 10.6 Å². The third-order valence-electron chi connectivity index (χ3n) is 1.27. The van der Waals surface area contributed by atoms with Gasteiger partial charge < -0.3 is 5.73 Å². The van der Waals surface area contributed by atoms with Gasteiger partial charge in [0.25, 0.3) is 0 Å². The molecule has 0 aliphatic rings. The normalized spacial score (nSPS) is 12.8. The number of thiophene rings is 1. The molecular formula is C6H7ClN2OS. The van der Waals surface area contributed by atoms with Crippen molar-refractivity contribution in [2.24, 2.45) is 5.73 Å². The minimum absolute atomic E-state index is 0.474. The fraction of sp³-hybridized carbons (Fsp3) is 0.167. The predicted molar refractivity (Wildman–Crippen MR) is 45.2 cm³/mol. The number of hydrogen-bond donors (Lipinski definition) is 2. The van der Waals surface area contributed by atoms with Crippen molar-refractivity contribution in [1.82, 2.24) is 4.84 Å². The molecule has 0 radical (unpaired) electrons. The van der Waals surface area contributed by atoms with Gasteiger partial charge in [0.15, 0.2) is 0 Å². The average molecular weight is 191 g/mol. The predicted octanol–water partition coefficient (Wildman–Crippen LogP) is 1.02. The van der Waals surface area contributed by atoms with E-state index in [9.17, 15) is 4.79 Å². The molecule has 1 aromatic rings. The second kappa shape index (κ2) is 3.71. The van der Waals surface area contributed by atoms with Crippen LogP contribution in [0, 0.1) is 0 Å². The molecule has 0 saturated carbocycles. The molecule has 1 rings (SSSR count). The van der Waals surface area contributed by atoms with Crippen molar-refractivity contribution in [2.45, 2.75) is 6.04 Å². The zero-order valence-corrected chi connectivity index (χ0v) is 7.15. The summed E-state index contributed by atoms with van der Waals surface area (Å²) < 4.78 is 0. The number of nitrogens with one attached hydrogen (secondary N) is 1. The van der Waals surface area contributed by atoms with Crippen molar-refractivity contribution in [1.29, 1.82) is 0 Å². The number of rotatable bonds is 3. The summed E-state index contributed by atoms with van der Waals surface area (Å²) in [6.45, 7) is 0. The summed E-state index contributed by atoms with van der Waals surface area (Å²) in [5.41, 5.74) is 5.86. The molecule has 60 valence electrons. The molecule has 11 heavy (non-hydrogen) atoms. The first-order valence-electron chi connectivity index (χ1n) is 2.93. The summed E-state index contributed by atoms with van der Waals surface area (Å²) in [5.74, 6) is -0.474. The van der Waals surface area contributed by atoms with Crippen molar-refractivity contribution in [2.75, 3.05) is 0 Å². The first kappa shape index (κ1) is 8.52. The van der Waals surface area contributed by atoms with Crippen LogP contribution >= 0.6 is 23.1 Å². The monoisotopic (exact) mass is 190 g/mol. The highest BCUT2D eigenvalue weighted by molar-refractivity contribution is 7.08. The van der Waals surface area contributed by atoms with E-state index in [1.54, 1.807) is 6.07 Å². The molecule has 0 unspecified atom stereocenters. The van der Waals surface area contributed by atoms with Crippen LogP contribution in [-0.4, -0.2) is 5.91 Å². The molecule has 0 aliphatic heterocycles. The lowest BCUT2D eigenvalue weighted by Crippen LogP contribution is -2.28. The van der Waals surface area contributed by atoms with Crippen LogP contribution in [0.25, 0.3) is 0 Å². The first-order chi connectivity index (χ1) is 5.25. The topological polar surface area (TPSA) is 55.1 Å². The van der Waals surface area contributed by atoms with Crippen molar-refractivity contribution in [3.8, 4) is 0 Å². The highest BCUT2D eigenvalue weighted by Crippen LogP contribution is 2.16. The molecule has 1 atom stereocenters. The first-order valence-corrected chi connectivity index (χ1v) is 4.25. The van der Waals surface area contributed by atoms with Crippen molar-refractivity contribution < 1.29 is 4.79 Å². The van der Waals surface area contributed by atoms with E-state index in [0.29, 0.717) is 0 Å². The molecule has 0 aliphatic carbocycles. The lowest BCUT2D eigenvalue weighted by Gasteiger charge is -2.06. The van der Waals surface area contributed by atoms with E-state index in [1.807, 2.05) is 10.8 Å². The molecule has 5 heteroatoms. The van der Waals surface area contributed by atoms with E-state index < -0.39 is 11.9 Å². The van der Waals surface area contributed by atoms with Gasteiger partial charge in [0.2, 0.25) is 5.91 Å². The van der Waals surface area contributed by atoms with E-state index in [2.05, 4.69) is 4.84 Å². The van der Waals surface area contributed by atoms with Gasteiger partial charge >= 0.3 is 0 Å². The lowest BCUT2D eigenvalue weighted by molar-refractivity contribution is -0.119. The largest absolute Gasteiger partial charge is 0.368 e. The number of primary amides is 1. The van der Waals surface area contributed by atoms with E-state index in [4.69, 9.17) is 17.5 Å². The maximum atomic E-state index is 10.7. The minimum atomic E-state index is -0.581. The Kier molecular flexibility index (Phi) is 2.87. The maximum absolute atomic E-state index is 10.7. The Labute approximate surface area is 73.3 Å². The number of nitrogens with two attached hydrogens (primary N) is 1. The number of carbonyl (C=O) groups excluding carboxylic acids is 1. The summed E-state index contributed by atoms with van der Waals surface area (Å²) in [6, 6.07) is 1.22. The molecule has 1 aromatic heterocycles. The lowest BCUT2D eigenvalue weighted by atomic mass is 10.1. The van der Waals surface area contributed by atoms with Crippen molar-refractivity contribution in [3.63, 3.8) is 0 Å². The summed E-state index contributed by atoms with van der Waals surface area (Å²) in [6.07, 6.45) is 0. The number of halogens is 1. The van der Waals surface area contributed by atoms with E-state index in [-0.39, 0.29) is 0 Å². The molecule has 3 nitrogen and oxygen atoms in total. The van der Waals surface area contributed by atoms with Gasteiger partial charge in [-0.25, -0.2) is 4.84 Å². The number of amides is 1. The number of carbonyl (C=O) groups is 1. The van der Waals surface area contributed by atoms with E-state index in [1.165, 1.54) is 11.3 Å². The molecular weight excluding hydrogens is 184 g/mol. The standard InChI is InChI=1S/C6H7ClN2OS/c7-9-5(6(8)10)4-1-2-11-3-4/h1-3,5,9H,(H2,8,10)/t5-/m1/s1. The van der Waals surface area contributed by atoms with Crippen LogP contribution in [0.1, 0.15) is 11.6 Å².